The Morgan fingerprint density at radius 3 is 2.62 bits per heavy atom. The molecule has 1 N–H and O–H groups in total. The number of halogens is 1. The van der Waals surface area contributed by atoms with Gasteiger partial charge in [0.15, 0.2) is 0 Å². The third kappa shape index (κ3) is 4.44. The number of nitrogens with one attached hydrogen (secondary N) is 1. The normalized spacial score (nSPS) is 16.5. The second-order valence-electron chi connectivity index (χ2n) is 5.10. The first-order chi connectivity index (χ1) is 10.1. The zero-order valence-corrected chi connectivity index (χ0v) is 12.7. The Morgan fingerprint density at radius 1 is 1.33 bits per heavy atom. The summed E-state index contributed by atoms with van der Waals surface area (Å²) in [5.41, 5.74) is 0.619. The van der Waals surface area contributed by atoms with Crippen LogP contribution in [0.5, 0.6) is 0 Å². The molecule has 2 rings (SSSR count). The second-order valence-corrected chi connectivity index (χ2v) is 5.51. The average Bonchev–Trinajstić information content (AvgIpc) is 2.49. The van der Waals surface area contributed by atoms with E-state index < -0.39 is 0 Å². The number of methoxy groups -OCH3 is 1. The number of ether oxygens (including phenoxy) is 1. The van der Waals surface area contributed by atoms with Gasteiger partial charge in [0.05, 0.1) is 30.3 Å². The number of rotatable bonds is 4. The number of carbonyl (C=O) groups excluding carboxylic acids is 2. The van der Waals surface area contributed by atoms with Gasteiger partial charge >= 0.3 is 5.97 Å². The molecular weight excluding hydrogens is 292 g/mol. The van der Waals surface area contributed by atoms with Gasteiger partial charge in [0.2, 0.25) is 5.91 Å². The minimum atomic E-state index is -0.157. The van der Waals surface area contributed by atoms with E-state index >= 15 is 0 Å². The summed E-state index contributed by atoms with van der Waals surface area (Å²) < 4.78 is 4.75. The van der Waals surface area contributed by atoms with Gasteiger partial charge in [-0.05, 0) is 38.1 Å². The molecule has 0 saturated carbocycles. The standard InChI is InChI=1S/C15H19ClN2O3/c1-21-15(20)11-6-8-18(9-7-11)10-14(19)17-13-5-3-2-4-12(13)16/h2-5,11H,6-10H2,1H3,(H,17,19). The van der Waals surface area contributed by atoms with E-state index in [2.05, 4.69) is 5.32 Å². The van der Waals surface area contributed by atoms with E-state index in [0.717, 1.165) is 25.9 Å². The van der Waals surface area contributed by atoms with Crippen LogP contribution in [-0.2, 0) is 14.3 Å². The summed E-state index contributed by atoms with van der Waals surface area (Å²) >= 11 is 6.00. The summed E-state index contributed by atoms with van der Waals surface area (Å²) in [7, 11) is 1.41. The molecule has 1 fully saturated rings. The lowest BCUT2D eigenvalue weighted by molar-refractivity contribution is -0.147. The van der Waals surface area contributed by atoms with Crippen molar-refractivity contribution in [3.8, 4) is 0 Å². The molecule has 1 aliphatic heterocycles. The fraction of sp³-hybridized carbons (Fsp3) is 0.467. The van der Waals surface area contributed by atoms with E-state index in [0.29, 0.717) is 17.3 Å². The molecule has 1 heterocycles. The van der Waals surface area contributed by atoms with Crippen molar-refractivity contribution in [2.24, 2.45) is 5.92 Å². The number of anilines is 1. The maximum Gasteiger partial charge on any atom is 0.308 e. The SMILES string of the molecule is COC(=O)C1CCN(CC(=O)Nc2ccccc2Cl)CC1. The molecule has 1 aromatic rings. The molecule has 0 aromatic heterocycles. The van der Waals surface area contributed by atoms with E-state index in [-0.39, 0.29) is 17.8 Å². The van der Waals surface area contributed by atoms with Gasteiger partial charge in [-0.1, -0.05) is 23.7 Å². The van der Waals surface area contributed by atoms with Crippen molar-refractivity contribution < 1.29 is 14.3 Å². The molecule has 1 amide bonds. The summed E-state index contributed by atoms with van der Waals surface area (Å²) in [6, 6.07) is 7.14. The molecule has 5 nitrogen and oxygen atoms in total. The molecule has 1 saturated heterocycles. The summed E-state index contributed by atoms with van der Waals surface area (Å²) in [5, 5.41) is 3.32. The van der Waals surface area contributed by atoms with Crippen LogP contribution in [0.3, 0.4) is 0 Å². The molecule has 0 atom stereocenters. The highest BCUT2D eigenvalue weighted by Crippen LogP contribution is 2.21. The molecule has 21 heavy (non-hydrogen) atoms. The van der Waals surface area contributed by atoms with Crippen molar-refractivity contribution in [3.63, 3.8) is 0 Å². The van der Waals surface area contributed by atoms with E-state index in [1.54, 1.807) is 12.1 Å². The highest BCUT2D eigenvalue weighted by atomic mass is 35.5. The van der Waals surface area contributed by atoms with Crippen LogP contribution in [0.15, 0.2) is 24.3 Å². The summed E-state index contributed by atoms with van der Waals surface area (Å²) in [6.45, 7) is 1.74. The van der Waals surface area contributed by atoms with Gasteiger partial charge in [-0.3, -0.25) is 14.5 Å². The second kappa shape index (κ2) is 7.43. The number of amides is 1. The largest absolute Gasteiger partial charge is 0.469 e. The lowest BCUT2D eigenvalue weighted by Gasteiger charge is -2.29. The number of piperidine rings is 1. The highest BCUT2D eigenvalue weighted by Gasteiger charge is 2.26. The van der Waals surface area contributed by atoms with Crippen LogP contribution in [0, 0.1) is 5.92 Å². The van der Waals surface area contributed by atoms with Gasteiger partial charge in [0.25, 0.3) is 0 Å². The van der Waals surface area contributed by atoms with Gasteiger partial charge in [-0.15, -0.1) is 0 Å². The molecular formula is C15H19ClN2O3. The van der Waals surface area contributed by atoms with Crippen LogP contribution < -0.4 is 5.32 Å². The van der Waals surface area contributed by atoms with E-state index in [9.17, 15) is 9.59 Å². The van der Waals surface area contributed by atoms with Crippen molar-refractivity contribution in [2.45, 2.75) is 12.8 Å². The van der Waals surface area contributed by atoms with Crippen molar-refractivity contribution in [3.05, 3.63) is 29.3 Å². The van der Waals surface area contributed by atoms with Crippen LogP contribution in [0.2, 0.25) is 5.02 Å². The molecule has 114 valence electrons. The molecule has 0 unspecified atom stereocenters. The Balaban J connectivity index is 1.80. The third-order valence-electron chi connectivity index (χ3n) is 3.64. The minimum absolute atomic E-state index is 0.0436. The maximum absolute atomic E-state index is 12.0. The Labute approximate surface area is 129 Å². The zero-order chi connectivity index (χ0) is 15.2. The highest BCUT2D eigenvalue weighted by molar-refractivity contribution is 6.33. The van der Waals surface area contributed by atoms with Crippen LogP contribution in [0.4, 0.5) is 5.69 Å². The van der Waals surface area contributed by atoms with Crippen LogP contribution in [0.1, 0.15) is 12.8 Å². The van der Waals surface area contributed by atoms with Crippen molar-refractivity contribution >= 4 is 29.2 Å². The number of para-hydroxylation sites is 1. The predicted octanol–water partition coefficient (Wildman–Crippen LogP) is 2.16. The lowest BCUT2D eigenvalue weighted by atomic mass is 9.97. The molecule has 0 bridgehead atoms. The monoisotopic (exact) mass is 310 g/mol. The first-order valence-corrected chi connectivity index (χ1v) is 7.32. The number of hydrogen-bond acceptors (Lipinski definition) is 4. The molecule has 0 radical (unpaired) electrons. The van der Waals surface area contributed by atoms with Gasteiger partial charge in [0.1, 0.15) is 0 Å². The van der Waals surface area contributed by atoms with Crippen LogP contribution in [0.25, 0.3) is 0 Å². The predicted molar refractivity (Wildman–Crippen MR) is 81.3 cm³/mol. The zero-order valence-electron chi connectivity index (χ0n) is 12.0. The van der Waals surface area contributed by atoms with Crippen molar-refractivity contribution in [2.75, 3.05) is 32.1 Å². The molecule has 1 aliphatic rings. The van der Waals surface area contributed by atoms with E-state index in [4.69, 9.17) is 16.3 Å². The average molecular weight is 311 g/mol. The topological polar surface area (TPSA) is 58.6 Å². The number of likely N-dealkylation sites (tertiary alicyclic amines) is 1. The molecule has 0 aliphatic carbocycles. The number of nitrogens with zero attached hydrogens (tertiary/aromatic N) is 1. The molecule has 6 heteroatoms. The number of carbonyl (C=O) groups is 2. The maximum atomic E-state index is 12.0. The third-order valence-corrected chi connectivity index (χ3v) is 3.97. The smallest absolute Gasteiger partial charge is 0.308 e. The quantitative estimate of drug-likeness (QED) is 0.866. The minimum Gasteiger partial charge on any atom is -0.469 e. The van der Waals surface area contributed by atoms with Crippen molar-refractivity contribution in [1.29, 1.82) is 0 Å². The fourth-order valence-corrected chi connectivity index (χ4v) is 2.63. The first-order valence-electron chi connectivity index (χ1n) is 6.94. The van der Waals surface area contributed by atoms with Crippen LogP contribution in [-0.4, -0.2) is 43.5 Å². The fourth-order valence-electron chi connectivity index (χ4n) is 2.45. The Bertz CT molecular complexity index is 513. The summed E-state index contributed by atoms with van der Waals surface area (Å²) in [4.78, 5) is 25.5. The van der Waals surface area contributed by atoms with Gasteiger partial charge in [-0.25, -0.2) is 0 Å². The van der Waals surface area contributed by atoms with Gasteiger partial charge < -0.3 is 10.1 Å². The first kappa shape index (κ1) is 15.8. The Kier molecular flexibility index (Phi) is 5.59. The summed E-state index contributed by atoms with van der Waals surface area (Å²) in [6.07, 6.45) is 1.46. The van der Waals surface area contributed by atoms with Gasteiger partial charge in [-0.2, -0.15) is 0 Å². The molecule has 0 spiro atoms. The lowest BCUT2D eigenvalue weighted by Crippen LogP contribution is -2.41. The Hall–Kier alpha value is -1.59. The number of esters is 1. The van der Waals surface area contributed by atoms with Gasteiger partial charge in [0, 0.05) is 0 Å². The number of benzene rings is 1. The van der Waals surface area contributed by atoms with Crippen LogP contribution >= 0.6 is 11.6 Å². The Morgan fingerprint density at radius 2 is 2.00 bits per heavy atom. The van der Waals surface area contributed by atoms with Crippen molar-refractivity contribution in [1.82, 2.24) is 4.90 Å². The number of hydrogen-bond donors (Lipinski definition) is 1. The molecule has 1 aromatic carbocycles. The van der Waals surface area contributed by atoms with E-state index in [1.807, 2.05) is 17.0 Å². The summed E-state index contributed by atoms with van der Waals surface area (Å²) in [5.74, 6) is -0.298. The van der Waals surface area contributed by atoms with E-state index in [1.165, 1.54) is 7.11 Å².